The summed E-state index contributed by atoms with van der Waals surface area (Å²) in [6.45, 7) is 4.69. The molecule has 20 heavy (non-hydrogen) atoms. The predicted molar refractivity (Wildman–Crippen MR) is 78.6 cm³/mol. The number of carbonyl (C=O) groups is 2. The lowest BCUT2D eigenvalue weighted by atomic mass is 10.00. The highest BCUT2D eigenvalue weighted by molar-refractivity contribution is 5.74. The molecule has 1 aliphatic carbocycles. The molecule has 0 radical (unpaired) electrons. The van der Waals surface area contributed by atoms with Crippen LogP contribution >= 0.6 is 0 Å². The molecule has 0 aromatic heterocycles. The number of hydrogen-bond donors (Lipinski definition) is 3. The zero-order valence-corrected chi connectivity index (χ0v) is 12.7. The van der Waals surface area contributed by atoms with Crippen molar-refractivity contribution in [3.05, 3.63) is 0 Å². The van der Waals surface area contributed by atoms with Gasteiger partial charge in [0.15, 0.2) is 0 Å². The molecule has 0 heterocycles. The molecule has 116 valence electrons. The zero-order chi connectivity index (χ0) is 15.0. The van der Waals surface area contributed by atoms with E-state index in [1.807, 2.05) is 6.92 Å². The second-order valence-electron chi connectivity index (χ2n) is 6.06. The molecule has 1 fully saturated rings. The van der Waals surface area contributed by atoms with Crippen LogP contribution < -0.4 is 10.6 Å². The molecule has 2 atom stereocenters. The van der Waals surface area contributed by atoms with Gasteiger partial charge in [0.25, 0.3) is 0 Å². The first-order valence-corrected chi connectivity index (χ1v) is 7.75. The third-order valence-corrected chi connectivity index (χ3v) is 4.24. The highest BCUT2D eigenvalue weighted by Crippen LogP contribution is 2.27. The molecule has 2 unspecified atom stereocenters. The summed E-state index contributed by atoms with van der Waals surface area (Å²) in [5.74, 6) is 0.182. The molecule has 0 spiro atoms. The van der Waals surface area contributed by atoms with Gasteiger partial charge >= 0.3 is 12.0 Å². The van der Waals surface area contributed by atoms with Crippen LogP contribution in [0.5, 0.6) is 0 Å². The molecule has 1 saturated carbocycles. The molecule has 0 bridgehead atoms. The quantitative estimate of drug-likeness (QED) is 0.641. The summed E-state index contributed by atoms with van der Waals surface area (Å²) < 4.78 is 0. The number of amides is 2. The Balaban J connectivity index is 2.08. The number of carboxylic acid groups (broad SMARTS) is 1. The van der Waals surface area contributed by atoms with Gasteiger partial charge in [-0.2, -0.15) is 0 Å². The standard InChI is InChI=1S/C15H28N2O3/c1-11(7-8-14(18)19)9-10-16-15(20)17-12(2)13-5-3-4-6-13/h11-13H,3-10H2,1-2H3,(H,18,19)(H2,16,17,20). The fraction of sp³-hybridized carbons (Fsp3) is 0.867. The zero-order valence-electron chi connectivity index (χ0n) is 12.7. The van der Waals surface area contributed by atoms with Crippen molar-refractivity contribution in [3.8, 4) is 0 Å². The summed E-state index contributed by atoms with van der Waals surface area (Å²) in [7, 11) is 0. The lowest BCUT2D eigenvalue weighted by molar-refractivity contribution is -0.137. The van der Waals surface area contributed by atoms with Crippen LogP contribution in [0.25, 0.3) is 0 Å². The average molecular weight is 284 g/mol. The number of aliphatic carboxylic acids is 1. The van der Waals surface area contributed by atoms with Crippen molar-refractivity contribution in [2.75, 3.05) is 6.54 Å². The van der Waals surface area contributed by atoms with Gasteiger partial charge in [-0.1, -0.05) is 19.8 Å². The van der Waals surface area contributed by atoms with Gasteiger partial charge in [-0.25, -0.2) is 4.79 Å². The second kappa shape index (κ2) is 8.82. The van der Waals surface area contributed by atoms with Gasteiger partial charge in [-0.15, -0.1) is 0 Å². The van der Waals surface area contributed by atoms with Crippen LogP contribution in [0.4, 0.5) is 4.79 Å². The number of urea groups is 1. The summed E-state index contributed by atoms with van der Waals surface area (Å²) in [5.41, 5.74) is 0. The highest BCUT2D eigenvalue weighted by atomic mass is 16.4. The first-order valence-electron chi connectivity index (χ1n) is 7.75. The van der Waals surface area contributed by atoms with E-state index in [4.69, 9.17) is 5.11 Å². The van der Waals surface area contributed by atoms with E-state index in [0.717, 1.165) is 6.42 Å². The van der Waals surface area contributed by atoms with Crippen molar-refractivity contribution in [2.45, 2.75) is 64.8 Å². The van der Waals surface area contributed by atoms with Crippen LogP contribution in [-0.2, 0) is 4.79 Å². The molecule has 1 rings (SSSR count). The Morgan fingerprint density at radius 1 is 1.20 bits per heavy atom. The highest BCUT2D eigenvalue weighted by Gasteiger charge is 2.22. The number of hydrogen-bond acceptors (Lipinski definition) is 2. The van der Waals surface area contributed by atoms with Crippen LogP contribution in [0.15, 0.2) is 0 Å². The average Bonchev–Trinajstić information content (AvgIpc) is 2.90. The molecule has 5 nitrogen and oxygen atoms in total. The van der Waals surface area contributed by atoms with E-state index in [9.17, 15) is 9.59 Å². The van der Waals surface area contributed by atoms with E-state index in [1.165, 1.54) is 25.7 Å². The third-order valence-electron chi connectivity index (χ3n) is 4.24. The molecule has 0 aliphatic heterocycles. The van der Waals surface area contributed by atoms with Crippen molar-refractivity contribution in [3.63, 3.8) is 0 Å². The minimum absolute atomic E-state index is 0.102. The van der Waals surface area contributed by atoms with Gasteiger partial charge in [-0.3, -0.25) is 4.79 Å². The third kappa shape index (κ3) is 6.78. The van der Waals surface area contributed by atoms with E-state index in [1.54, 1.807) is 0 Å². The molecule has 1 aliphatic rings. The smallest absolute Gasteiger partial charge is 0.315 e. The summed E-state index contributed by atoms with van der Waals surface area (Å²) in [6.07, 6.45) is 6.67. The lowest BCUT2D eigenvalue weighted by Gasteiger charge is -2.20. The molecule has 2 amide bonds. The summed E-state index contributed by atoms with van der Waals surface area (Å²) >= 11 is 0. The number of carbonyl (C=O) groups excluding carboxylic acids is 1. The van der Waals surface area contributed by atoms with Crippen molar-refractivity contribution < 1.29 is 14.7 Å². The van der Waals surface area contributed by atoms with Gasteiger partial charge in [-0.05, 0) is 44.4 Å². The molecule has 3 N–H and O–H groups in total. The molecule has 0 aromatic carbocycles. The van der Waals surface area contributed by atoms with Gasteiger partial charge in [0, 0.05) is 19.0 Å². The van der Waals surface area contributed by atoms with Crippen molar-refractivity contribution >= 4 is 12.0 Å². The Hall–Kier alpha value is -1.26. The van der Waals surface area contributed by atoms with Crippen molar-refractivity contribution in [1.82, 2.24) is 10.6 Å². The van der Waals surface area contributed by atoms with Crippen molar-refractivity contribution in [1.29, 1.82) is 0 Å². The maximum Gasteiger partial charge on any atom is 0.315 e. The number of nitrogens with one attached hydrogen (secondary N) is 2. The normalized spacial score (nSPS) is 18.5. The lowest BCUT2D eigenvalue weighted by Crippen LogP contribution is -2.44. The van der Waals surface area contributed by atoms with Gasteiger partial charge in [0.05, 0.1) is 0 Å². The van der Waals surface area contributed by atoms with E-state index in [0.29, 0.717) is 24.8 Å². The predicted octanol–water partition coefficient (Wildman–Crippen LogP) is 2.76. The molecule has 0 saturated heterocycles. The Kier molecular flexibility index (Phi) is 7.41. The Labute approximate surface area is 121 Å². The maximum atomic E-state index is 11.7. The van der Waals surface area contributed by atoms with E-state index < -0.39 is 5.97 Å². The minimum atomic E-state index is -0.757. The van der Waals surface area contributed by atoms with E-state index >= 15 is 0 Å². The van der Waals surface area contributed by atoms with Gasteiger partial charge < -0.3 is 15.7 Å². The van der Waals surface area contributed by atoms with Crippen molar-refractivity contribution in [2.24, 2.45) is 11.8 Å². The first-order chi connectivity index (χ1) is 9.49. The fourth-order valence-corrected chi connectivity index (χ4v) is 2.78. The largest absolute Gasteiger partial charge is 0.481 e. The van der Waals surface area contributed by atoms with Crippen LogP contribution in [-0.4, -0.2) is 29.7 Å². The number of rotatable bonds is 8. The maximum absolute atomic E-state index is 11.7. The molecular weight excluding hydrogens is 256 g/mol. The second-order valence-corrected chi connectivity index (χ2v) is 6.06. The Morgan fingerprint density at radius 3 is 2.45 bits per heavy atom. The molecule has 5 heteroatoms. The van der Waals surface area contributed by atoms with Gasteiger partial charge in [0.1, 0.15) is 0 Å². The SMILES string of the molecule is CC(CCNC(=O)NC(C)C1CCCC1)CCC(=O)O. The summed E-state index contributed by atoms with van der Waals surface area (Å²) in [5, 5.41) is 14.5. The Bertz CT molecular complexity index is 314. The van der Waals surface area contributed by atoms with Crippen LogP contribution in [0.2, 0.25) is 0 Å². The molecule has 0 aromatic rings. The van der Waals surface area contributed by atoms with Crippen LogP contribution in [0, 0.1) is 11.8 Å². The number of carboxylic acids is 1. The first kappa shape index (κ1) is 16.8. The summed E-state index contributed by atoms with van der Waals surface area (Å²) in [6, 6.07) is 0.136. The monoisotopic (exact) mass is 284 g/mol. The van der Waals surface area contributed by atoms with Gasteiger partial charge in [0.2, 0.25) is 0 Å². The van der Waals surface area contributed by atoms with E-state index in [2.05, 4.69) is 17.6 Å². The van der Waals surface area contributed by atoms with Crippen LogP contribution in [0.1, 0.15) is 58.8 Å². The Morgan fingerprint density at radius 2 is 1.85 bits per heavy atom. The minimum Gasteiger partial charge on any atom is -0.481 e. The van der Waals surface area contributed by atoms with Crippen LogP contribution in [0.3, 0.4) is 0 Å². The topological polar surface area (TPSA) is 78.4 Å². The summed E-state index contributed by atoms with van der Waals surface area (Å²) in [4.78, 5) is 22.2. The molecular formula is C15H28N2O3. The van der Waals surface area contributed by atoms with E-state index in [-0.39, 0.29) is 18.5 Å². The fourth-order valence-electron chi connectivity index (χ4n) is 2.78.